The first-order chi connectivity index (χ1) is 4.63. The average molecular weight is 270 g/mol. The average Bonchev–Trinajstić information content (AvgIpc) is 2.14. The molecule has 6 heteroatoms. The fourth-order valence-corrected chi connectivity index (χ4v) is 1.78. The lowest BCUT2D eigenvalue weighted by molar-refractivity contribution is 0.0701. The molecular weight excluding hydrogens is 267 g/mol. The molecule has 0 bridgehead atoms. The van der Waals surface area contributed by atoms with Gasteiger partial charge in [0.2, 0.25) is 0 Å². The summed E-state index contributed by atoms with van der Waals surface area (Å²) in [6.07, 6.45) is 0. The van der Waals surface area contributed by atoms with Crippen molar-refractivity contribution in [3.63, 3.8) is 0 Å². The van der Waals surface area contributed by atoms with Gasteiger partial charge in [-0.05, 0) is 34.1 Å². The molecule has 0 spiro atoms. The van der Waals surface area contributed by atoms with Crippen molar-refractivity contribution < 1.29 is 9.90 Å². The van der Waals surface area contributed by atoms with Gasteiger partial charge >= 0.3 is 5.97 Å². The molecule has 1 aromatic heterocycles. The van der Waals surface area contributed by atoms with E-state index in [1.807, 2.05) is 22.6 Å². The van der Waals surface area contributed by atoms with Crippen LogP contribution in [0.4, 0.5) is 5.82 Å². The van der Waals surface area contributed by atoms with Crippen LogP contribution in [0.2, 0.25) is 0 Å². The summed E-state index contributed by atoms with van der Waals surface area (Å²) in [6.45, 7) is 0. The maximum absolute atomic E-state index is 10.3. The molecule has 0 atom stereocenters. The second-order valence-corrected chi connectivity index (χ2v) is 3.37. The van der Waals surface area contributed by atoms with E-state index >= 15 is 0 Å². The number of anilines is 1. The number of aromatic carboxylic acids is 1. The van der Waals surface area contributed by atoms with Crippen LogP contribution in [0.25, 0.3) is 0 Å². The van der Waals surface area contributed by atoms with Crippen molar-refractivity contribution in [3.05, 3.63) is 8.45 Å². The Morgan fingerprint density at radius 3 is 2.60 bits per heavy atom. The van der Waals surface area contributed by atoms with Crippen molar-refractivity contribution in [2.75, 3.05) is 5.73 Å². The van der Waals surface area contributed by atoms with E-state index in [0.29, 0.717) is 9.39 Å². The van der Waals surface area contributed by atoms with Crippen LogP contribution in [0, 0.1) is 3.57 Å². The molecule has 0 aliphatic heterocycles. The van der Waals surface area contributed by atoms with Gasteiger partial charge in [0.25, 0.3) is 0 Å². The third-order valence-electron chi connectivity index (χ3n) is 0.854. The van der Waals surface area contributed by atoms with Gasteiger partial charge in [0, 0.05) is 0 Å². The van der Waals surface area contributed by atoms with E-state index in [4.69, 9.17) is 10.8 Å². The van der Waals surface area contributed by atoms with Crippen LogP contribution in [-0.2, 0) is 0 Å². The molecule has 0 aromatic carbocycles. The van der Waals surface area contributed by atoms with Crippen molar-refractivity contribution >= 4 is 45.9 Å². The molecule has 0 radical (unpaired) electrons. The summed E-state index contributed by atoms with van der Waals surface area (Å²) in [5.74, 6) is -0.679. The van der Waals surface area contributed by atoms with Gasteiger partial charge in [-0.3, -0.25) is 0 Å². The van der Waals surface area contributed by atoms with Gasteiger partial charge in [0.15, 0.2) is 5.82 Å². The Balaban J connectivity index is 3.17. The number of carboxylic acid groups (broad SMARTS) is 1. The summed E-state index contributed by atoms with van der Waals surface area (Å²) in [6, 6.07) is 0. The van der Waals surface area contributed by atoms with Crippen LogP contribution in [0.3, 0.4) is 0 Å². The summed E-state index contributed by atoms with van der Waals surface area (Å²) in [5.41, 5.74) is 5.31. The SMILES string of the molecule is Nc1nsc(C(=O)O)c1I. The highest BCUT2D eigenvalue weighted by Crippen LogP contribution is 2.22. The van der Waals surface area contributed by atoms with Crippen LogP contribution < -0.4 is 5.73 Å². The maximum atomic E-state index is 10.3. The van der Waals surface area contributed by atoms with Gasteiger partial charge in [0.1, 0.15) is 4.88 Å². The molecule has 54 valence electrons. The number of hydrogen-bond donors (Lipinski definition) is 2. The first-order valence-electron chi connectivity index (χ1n) is 2.27. The minimum absolute atomic E-state index is 0.207. The zero-order valence-corrected chi connectivity index (χ0v) is 7.64. The topological polar surface area (TPSA) is 76.2 Å². The van der Waals surface area contributed by atoms with Crippen LogP contribution in [0.15, 0.2) is 0 Å². The number of aromatic nitrogens is 1. The van der Waals surface area contributed by atoms with E-state index < -0.39 is 5.97 Å². The van der Waals surface area contributed by atoms with Crippen molar-refractivity contribution in [1.29, 1.82) is 0 Å². The van der Waals surface area contributed by atoms with E-state index in [1.165, 1.54) is 0 Å². The monoisotopic (exact) mass is 270 g/mol. The molecule has 10 heavy (non-hydrogen) atoms. The molecule has 0 saturated heterocycles. The second-order valence-electron chi connectivity index (χ2n) is 1.52. The molecule has 4 nitrogen and oxygen atoms in total. The number of carboxylic acids is 1. The number of nitrogens with two attached hydrogens (primary N) is 1. The minimum atomic E-state index is -0.974. The van der Waals surface area contributed by atoms with Gasteiger partial charge in [-0.1, -0.05) is 0 Å². The summed E-state index contributed by atoms with van der Waals surface area (Å²) < 4.78 is 4.19. The Morgan fingerprint density at radius 1 is 1.80 bits per heavy atom. The van der Waals surface area contributed by atoms with Crippen LogP contribution in [0.1, 0.15) is 9.67 Å². The fourth-order valence-electron chi connectivity index (χ4n) is 0.424. The van der Waals surface area contributed by atoms with E-state index in [-0.39, 0.29) is 4.88 Å². The Kier molecular flexibility index (Phi) is 2.09. The number of nitrogen functional groups attached to an aromatic ring is 1. The van der Waals surface area contributed by atoms with E-state index in [2.05, 4.69) is 4.37 Å². The summed E-state index contributed by atoms with van der Waals surface area (Å²) in [7, 11) is 0. The predicted molar refractivity (Wildman–Crippen MR) is 46.2 cm³/mol. The molecule has 1 aromatic rings. The highest BCUT2D eigenvalue weighted by atomic mass is 127. The number of rotatable bonds is 1. The lowest BCUT2D eigenvalue weighted by Crippen LogP contribution is -1.95. The zero-order chi connectivity index (χ0) is 7.72. The van der Waals surface area contributed by atoms with Crippen molar-refractivity contribution in [2.45, 2.75) is 0 Å². The molecule has 1 heterocycles. The summed E-state index contributed by atoms with van der Waals surface area (Å²) in [5, 5.41) is 8.49. The third kappa shape index (κ3) is 1.21. The smallest absolute Gasteiger partial charge is 0.348 e. The molecule has 1 rings (SSSR count). The number of nitrogens with zero attached hydrogens (tertiary/aromatic N) is 1. The molecule has 0 unspecified atom stereocenters. The van der Waals surface area contributed by atoms with Gasteiger partial charge in [0.05, 0.1) is 3.57 Å². The van der Waals surface area contributed by atoms with Crippen LogP contribution >= 0.6 is 34.1 Å². The van der Waals surface area contributed by atoms with Crippen molar-refractivity contribution in [1.82, 2.24) is 4.37 Å². The van der Waals surface area contributed by atoms with Gasteiger partial charge in [-0.2, -0.15) is 4.37 Å². The summed E-state index contributed by atoms with van der Waals surface area (Å²) in [4.78, 5) is 10.6. The number of carbonyl (C=O) groups is 1. The second kappa shape index (κ2) is 2.70. The van der Waals surface area contributed by atoms with Gasteiger partial charge < -0.3 is 10.8 Å². The number of hydrogen-bond acceptors (Lipinski definition) is 4. The van der Waals surface area contributed by atoms with Crippen LogP contribution in [0.5, 0.6) is 0 Å². The Labute approximate surface area is 74.4 Å². The van der Waals surface area contributed by atoms with E-state index in [9.17, 15) is 4.79 Å². The summed E-state index contributed by atoms with van der Waals surface area (Å²) >= 11 is 2.76. The quantitative estimate of drug-likeness (QED) is 0.747. The Morgan fingerprint density at radius 2 is 2.40 bits per heavy atom. The lowest BCUT2D eigenvalue weighted by atomic mass is 10.5. The molecule has 3 N–H and O–H groups in total. The molecule has 0 fully saturated rings. The van der Waals surface area contributed by atoms with Crippen molar-refractivity contribution in [3.8, 4) is 0 Å². The van der Waals surface area contributed by atoms with E-state index in [1.54, 1.807) is 0 Å². The normalized spacial score (nSPS) is 9.70. The minimum Gasteiger partial charge on any atom is -0.477 e. The number of halogens is 1. The lowest BCUT2D eigenvalue weighted by Gasteiger charge is -1.85. The molecule has 0 saturated carbocycles. The maximum Gasteiger partial charge on any atom is 0.348 e. The van der Waals surface area contributed by atoms with E-state index in [0.717, 1.165) is 11.5 Å². The van der Waals surface area contributed by atoms with Gasteiger partial charge in [-0.15, -0.1) is 0 Å². The largest absolute Gasteiger partial charge is 0.477 e. The molecule has 0 aliphatic rings. The molecule has 0 amide bonds. The molecule has 0 aliphatic carbocycles. The van der Waals surface area contributed by atoms with Gasteiger partial charge in [-0.25, -0.2) is 4.79 Å². The van der Waals surface area contributed by atoms with Crippen LogP contribution in [-0.4, -0.2) is 15.4 Å². The Bertz CT molecular complexity index is 272. The standard InChI is InChI=1S/C4H3IN2O2S/c5-1-2(4(8)9)10-7-3(1)6/h(H2,6,7)(H,8,9). The predicted octanol–water partition coefficient (Wildman–Crippen LogP) is 1.03. The van der Waals surface area contributed by atoms with Crippen molar-refractivity contribution in [2.24, 2.45) is 0 Å². The highest BCUT2D eigenvalue weighted by molar-refractivity contribution is 14.1. The Hall–Kier alpha value is -0.370. The highest BCUT2D eigenvalue weighted by Gasteiger charge is 2.13. The first-order valence-corrected chi connectivity index (χ1v) is 4.12. The zero-order valence-electron chi connectivity index (χ0n) is 4.67. The molecular formula is C4H3IN2O2S. The third-order valence-corrected chi connectivity index (χ3v) is 3.16. The fraction of sp³-hybridized carbons (Fsp3) is 0. The first kappa shape index (κ1) is 7.73.